The number of halogens is 1. The fraction of sp³-hybridized carbons (Fsp3) is 0.484. The van der Waals surface area contributed by atoms with Crippen molar-refractivity contribution < 1.29 is 18.7 Å². The maximum Gasteiger partial charge on any atom is 0.273 e. The lowest BCUT2D eigenvalue weighted by Crippen LogP contribution is -2.61. The van der Waals surface area contributed by atoms with Gasteiger partial charge in [0.25, 0.3) is 11.8 Å². The van der Waals surface area contributed by atoms with Gasteiger partial charge in [-0.25, -0.2) is 14.4 Å². The van der Waals surface area contributed by atoms with E-state index in [-0.39, 0.29) is 23.0 Å². The van der Waals surface area contributed by atoms with Crippen LogP contribution < -0.4 is 9.80 Å². The van der Waals surface area contributed by atoms with E-state index in [1.807, 2.05) is 22.4 Å². The number of aromatic nitrogens is 2. The third kappa shape index (κ3) is 5.13. The van der Waals surface area contributed by atoms with Gasteiger partial charge < -0.3 is 24.3 Å². The number of piperazine rings is 1. The van der Waals surface area contributed by atoms with Crippen LogP contribution in [-0.4, -0.2) is 89.6 Å². The molecule has 3 aliphatic heterocycles. The molecule has 2 saturated heterocycles. The van der Waals surface area contributed by atoms with Crippen LogP contribution in [0, 0.1) is 12.7 Å². The molecule has 0 radical (unpaired) electrons. The van der Waals surface area contributed by atoms with Gasteiger partial charge in [-0.3, -0.25) is 9.59 Å². The summed E-state index contributed by atoms with van der Waals surface area (Å²) < 4.78 is 19.7. The van der Waals surface area contributed by atoms with Gasteiger partial charge in [0.05, 0.1) is 30.1 Å². The molecule has 42 heavy (non-hydrogen) atoms. The molecule has 2 aromatic heterocycles. The highest BCUT2D eigenvalue weighted by molar-refractivity contribution is 7.13. The molecule has 0 atom stereocenters. The molecular formula is C31H37FN6O3S. The van der Waals surface area contributed by atoms with Crippen molar-refractivity contribution >= 4 is 39.7 Å². The predicted octanol–water partition coefficient (Wildman–Crippen LogP) is 4.63. The largest absolute Gasteiger partial charge is 0.378 e. The van der Waals surface area contributed by atoms with Crippen LogP contribution in [0.15, 0.2) is 35.7 Å². The second-order valence-electron chi connectivity index (χ2n) is 12.6. The third-order valence-electron chi connectivity index (χ3n) is 8.47. The second kappa shape index (κ2) is 10.6. The maximum atomic E-state index is 14.4. The summed E-state index contributed by atoms with van der Waals surface area (Å²) in [5.41, 5.74) is 3.19. The zero-order valence-electron chi connectivity index (χ0n) is 24.8. The Morgan fingerprint density at radius 1 is 0.929 bits per heavy atom. The van der Waals surface area contributed by atoms with Gasteiger partial charge in [-0.05, 0) is 50.6 Å². The topological polar surface area (TPSA) is 82.1 Å². The standard InChI is InChI=1S/C31H37FN6O3S/c1-20-6-7-21(16-22(20)32)37-18-30(2,3)26-25(37)9-8-23(33-26)28(40)38-11-10-36(19-31(38,4)5)29-34-24(17-42-29)27(39)35-12-14-41-15-13-35/h6-9,16-17H,10-15,18-19H2,1-5H3. The Hall–Kier alpha value is -3.57. The second-order valence-corrected chi connectivity index (χ2v) is 13.4. The molecule has 2 fully saturated rings. The van der Waals surface area contributed by atoms with E-state index >= 15 is 0 Å². The first kappa shape index (κ1) is 28.5. The van der Waals surface area contributed by atoms with Crippen LogP contribution in [0.4, 0.5) is 20.9 Å². The van der Waals surface area contributed by atoms with Gasteiger partial charge in [-0.1, -0.05) is 19.9 Å². The smallest absolute Gasteiger partial charge is 0.273 e. The molecule has 0 unspecified atom stereocenters. The Bertz CT molecular complexity index is 1530. The molecule has 6 rings (SSSR count). The van der Waals surface area contributed by atoms with Crippen LogP contribution in [0.5, 0.6) is 0 Å². The van der Waals surface area contributed by atoms with Gasteiger partial charge in [-0.2, -0.15) is 0 Å². The van der Waals surface area contributed by atoms with Gasteiger partial charge in [0.2, 0.25) is 0 Å². The number of hydrogen-bond donors (Lipinski definition) is 0. The quantitative estimate of drug-likeness (QED) is 0.437. The maximum absolute atomic E-state index is 14.4. The summed E-state index contributed by atoms with van der Waals surface area (Å²) in [4.78, 5) is 44.3. The summed E-state index contributed by atoms with van der Waals surface area (Å²) in [6.07, 6.45) is 0. The number of carbonyl (C=O) groups is 2. The average molecular weight is 593 g/mol. The lowest BCUT2D eigenvalue weighted by Gasteiger charge is -2.47. The Morgan fingerprint density at radius 3 is 2.40 bits per heavy atom. The van der Waals surface area contributed by atoms with Gasteiger partial charge in [0.1, 0.15) is 17.2 Å². The van der Waals surface area contributed by atoms with E-state index in [1.165, 1.54) is 11.3 Å². The SMILES string of the molecule is Cc1ccc(N2CC(C)(C)c3nc(C(=O)N4CCN(c5nc(C(=O)N6CCOCC6)cs5)CC4(C)C)ccc32)cc1F. The van der Waals surface area contributed by atoms with Crippen molar-refractivity contribution in [1.82, 2.24) is 19.8 Å². The van der Waals surface area contributed by atoms with Crippen LogP contribution >= 0.6 is 11.3 Å². The first-order chi connectivity index (χ1) is 19.9. The highest BCUT2D eigenvalue weighted by Crippen LogP contribution is 2.43. The summed E-state index contributed by atoms with van der Waals surface area (Å²) in [6, 6.07) is 9.00. The average Bonchev–Trinajstić information content (AvgIpc) is 3.56. The van der Waals surface area contributed by atoms with E-state index in [2.05, 4.69) is 42.5 Å². The van der Waals surface area contributed by atoms with Crippen molar-refractivity contribution in [3.8, 4) is 0 Å². The van der Waals surface area contributed by atoms with E-state index in [9.17, 15) is 14.0 Å². The fourth-order valence-corrected chi connectivity index (χ4v) is 6.92. The number of aryl methyl sites for hydroxylation is 1. The molecule has 3 aliphatic rings. The number of pyridine rings is 1. The molecule has 5 heterocycles. The van der Waals surface area contributed by atoms with Crippen LogP contribution in [0.2, 0.25) is 0 Å². The summed E-state index contributed by atoms with van der Waals surface area (Å²) in [5, 5.41) is 2.61. The van der Waals surface area contributed by atoms with Crippen molar-refractivity contribution in [2.24, 2.45) is 0 Å². The number of rotatable bonds is 4. The molecule has 2 amide bonds. The van der Waals surface area contributed by atoms with Crippen molar-refractivity contribution in [3.63, 3.8) is 0 Å². The summed E-state index contributed by atoms with van der Waals surface area (Å²) >= 11 is 1.46. The number of hydrogen-bond acceptors (Lipinski definition) is 8. The lowest BCUT2D eigenvalue weighted by atomic mass is 9.91. The minimum Gasteiger partial charge on any atom is -0.378 e. The van der Waals surface area contributed by atoms with Gasteiger partial charge in [0.15, 0.2) is 5.13 Å². The number of thiazole rings is 1. The Balaban J connectivity index is 1.18. The van der Waals surface area contributed by atoms with Gasteiger partial charge in [-0.15, -0.1) is 11.3 Å². The van der Waals surface area contributed by atoms with Gasteiger partial charge in [0, 0.05) is 55.8 Å². The van der Waals surface area contributed by atoms with Crippen LogP contribution in [0.1, 0.15) is 59.9 Å². The molecule has 222 valence electrons. The lowest BCUT2D eigenvalue weighted by molar-refractivity contribution is 0.0299. The van der Waals surface area contributed by atoms with Crippen LogP contribution in [-0.2, 0) is 10.2 Å². The first-order valence-corrected chi connectivity index (χ1v) is 15.3. The molecule has 3 aromatic rings. The van der Waals surface area contributed by atoms with Crippen molar-refractivity contribution in [2.45, 2.75) is 45.6 Å². The third-order valence-corrected chi connectivity index (χ3v) is 9.37. The number of carbonyl (C=O) groups excluding carboxylic acids is 2. The number of anilines is 3. The van der Waals surface area contributed by atoms with Crippen molar-refractivity contribution in [3.05, 3.63) is 64.2 Å². The summed E-state index contributed by atoms with van der Waals surface area (Å²) in [6.45, 7) is 14.7. The number of nitrogens with zero attached hydrogens (tertiary/aromatic N) is 6. The zero-order chi connectivity index (χ0) is 29.8. The zero-order valence-corrected chi connectivity index (χ0v) is 25.6. The first-order valence-electron chi connectivity index (χ1n) is 14.4. The molecular weight excluding hydrogens is 555 g/mol. The van der Waals surface area contributed by atoms with Crippen molar-refractivity contribution in [1.29, 1.82) is 0 Å². The fourth-order valence-electron chi connectivity index (χ4n) is 6.09. The number of morpholine rings is 1. The molecule has 0 bridgehead atoms. The van der Waals surface area contributed by atoms with E-state index in [4.69, 9.17) is 9.72 Å². The normalized spacial score (nSPS) is 19.7. The molecule has 0 N–H and O–H groups in total. The molecule has 0 saturated carbocycles. The van der Waals surface area contributed by atoms with E-state index in [0.29, 0.717) is 69.4 Å². The molecule has 11 heteroatoms. The van der Waals surface area contributed by atoms with E-state index < -0.39 is 5.54 Å². The predicted molar refractivity (Wildman–Crippen MR) is 162 cm³/mol. The molecule has 1 aromatic carbocycles. The van der Waals surface area contributed by atoms with E-state index in [0.717, 1.165) is 22.2 Å². The summed E-state index contributed by atoms with van der Waals surface area (Å²) in [5.74, 6) is -0.413. The highest BCUT2D eigenvalue weighted by Gasteiger charge is 2.41. The number of amides is 2. The molecule has 0 spiro atoms. The van der Waals surface area contributed by atoms with Crippen molar-refractivity contribution in [2.75, 3.05) is 62.3 Å². The highest BCUT2D eigenvalue weighted by atomic mass is 32.1. The van der Waals surface area contributed by atoms with E-state index in [1.54, 1.807) is 30.0 Å². The Morgan fingerprint density at radius 2 is 1.69 bits per heavy atom. The van der Waals surface area contributed by atoms with Crippen LogP contribution in [0.3, 0.4) is 0 Å². The Kier molecular flexibility index (Phi) is 7.21. The Labute approximate surface area is 249 Å². The number of ether oxygens (including phenoxy) is 1. The minimum atomic E-state index is -0.489. The minimum absolute atomic E-state index is 0.0643. The van der Waals surface area contributed by atoms with Gasteiger partial charge >= 0.3 is 0 Å². The number of fused-ring (bicyclic) bond motifs is 1. The summed E-state index contributed by atoms with van der Waals surface area (Å²) in [7, 11) is 0. The number of benzene rings is 1. The monoisotopic (exact) mass is 592 g/mol. The molecule has 9 nitrogen and oxygen atoms in total. The molecule has 0 aliphatic carbocycles. The van der Waals surface area contributed by atoms with Crippen LogP contribution in [0.25, 0.3) is 0 Å².